The van der Waals surface area contributed by atoms with Crippen molar-refractivity contribution in [2.45, 2.75) is 18.9 Å². The van der Waals surface area contributed by atoms with Crippen molar-refractivity contribution in [2.75, 3.05) is 33.2 Å². The first-order valence-corrected chi connectivity index (χ1v) is 5.39. The molecule has 0 saturated carbocycles. The van der Waals surface area contributed by atoms with E-state index in [1.54, 1.807) is 0 Å². The van der Waals surface area contributed by atoms with Crippen LogP contribution in [0.25, 0.3) is 0 Å². The van der Waals surface area contributed by atoms with Gasteiger partial charge in [0.15, 0.2) is 0 Å². The smallest absolute Gasteiger partial charge is 0.0351 e. The van der Waals surface area contributed by atoms with Gasteiger partial charge >= 0.3 is 0 Å². The minimum Gasteiger partial charge on any atom is -0.377 e. The van der Waals surface area contributed by atoms with Crippen molar-refractivity contribution in [1.82, 2.24) is 14.8 Å². The van der Waals surface area contributed by atoms with Crippen molar-refractivity contribution >= 4 is 0 Å². The first kappa shape index (κ1) is 9.80. The summed E-state index contributed by atoms with van der Waals surface area (Å²) in [6, 6.07) is 0.708. The van der Waals surface area contributed by atoms with E-state index in [0.717, 1.165) is 26.2 Å². The van der Waals surface area contributed by atoms with Crippen molar-refractivity contribution in [3.63, 3.8) is 0 Å². The highest BCUT2D eigenvalue weighted by molar-refractivity contribution is 4.92. The van der Waals surface area contributed by atoms with E-state index in [-0.39, 0.29) is 0 Å². The van der Waals surface area contributed by atoms with Gasteiger partial charge in [0, 0.05) is 51.7 Å². The summed E-state index contributed by atoms with van der Waals surface area (Å²) >= 11 is 0. The lowest BCUT2D eigenvalue weighted by Gasteiger charge is -2.39. The Morgan fingerprint density at radius 1 is 1.07 bits per heavy atom. The second-order valence-electron chi connectivity index (χ2n) is 4.28. The molecule has 0 atom stereocenters. The zero-order valence-corrected chi connectivity index (χ0v) is 8.89. The lowest BCUT2D eigenvalue weighted by Crippen LogP contribution is -2.47. The summed E-state index contributed by atoms with van der Waals surface area (Å²) in [6.07, 6.45) is 6.79. The summed E-state index contributed by atoms with van der Waals surface area (Å²) in [5.74, 6) is 5.74. The van der Waals surface area contributed by atoms with Crippen LogP contribution in [0.2, 0.25) is 0 Å². The third kappa shape index (κ3) is 2.19. The molecule has 0 aromatic carbocycles. The molecule has 1 saturated heterocycles. The van der Waals surface area contributed by atoms with E-state index in [4.69, 9.17) is 5.84 Å². The van der Waals surface area contributed by atoms with Crippen LogP contribution in [0.4, 0.5) is 0 Å². The van der Waals surface area contributed by atoms with Crippen molar-refractivity contribution in [1.29, 1.82) is 0 Å². The van der Waals surface area contributed by atoms with Gasteiger partial charge in [-0.1, -0.05) is 0 Å². The van der Waals surface area contributed by atoms with E-state index in [2.05, 4.69) is 29.2 Å². The molecule has 2 N–H and O–H groups in total. The fourth-order valence-corrected chi connectivity index (χ4v) is 2.14. The molecule has 4 heteroatoms. The SMILES string of the molecule is CN1C=CN(C2CCN(N)CC2)CC1. The molecule has 14 heavy (non-hydrogen) atoms. The number of rotatable bonds is 1. The number of hydrogen-bond acceptors (Lipinski definition) is 4. The Kier molecular flexibility index (Phi) is 2.93. The van der Waals surface area contributed by atoms with Gasteiger partial charge in [-0.25, -0.2) is 5.01 Å². The van der Waals surface area contributed by atoms with Crippen LogP contribution >= 0.6 is 0 Å². The van der Waals surface area contributed by atoms with Crippen molar-refractivity contribution < 1.29 is 0 Å². The fourth-order valence-electron chi connectivity index (χ4n) is 2.14. The van der Waals surface area contributed by atoms with Crippen molar-refractivity contribution in [2.24, 2.45) is 5.84 Å². The molecule has 0 radical (unpaired) electrons. The molecule has 2 aliphatic rings. The molecular formula is C10H20N4. The van der Waals surface area contributed by atoms with E-state index in [1.165, 1.54) is 12.8 Å². The number of hydrazine groups is 1. The molecule has 0 spiro atoms. The van der Waals surface area contributed by atoms with E-state index >= 15 is 0 Å². The van der Waals surface area contributed by atoms with E-state index < -0.39 is 0 Å². The quantitative estimate of drug-likeness (QED) is 0.601. The third-order valence-corrected chi connectivity index (χ3v) is 3.19. The summed E-state index contributed by atoms with van der Waals surface area (Å²) in [6.45, 7) is 4.36. The largest absolute Gasteiger partial charge is 0.377 e. The third-order valence-electron chi connectivity index (χ3n) is 3.19. The number of piperidine rings is 1. The predicted octanol–water partition coefficient (Wildman–Crippen LogP) is 0.0431. The van der Waals surface area contributed by atoms with Crippen LogP contribution in [0, 0.1) is 0 Å². The van der Waals surface area contributed by atoms with Crippen LogP contribution < -0.4 is 5.84 Å². The molecule has 4 nitrogen and oxygen atoms in total. The van der Waals surface area contributed by atoms with Gasteiger partial charge in [-0.05, 0) is 12.8 Å². The van der Waals surface area contributed by atoms with E-state index in [0.29, 0.717) is 6.04 Å². The van der Waals surface area contributed by atoms with Crippen LogP contribution in [0.5, 0.6) is 0 Å². The van der Waals surface area contributed by atoms with Gasteiger partial charge in [-0.2, -0.15) is 0 Å². The minimum absolute atomic E-state index is 0.708. The lowest BCUT2D eigenvalue weighted by molar-refractivity contribution is 0.130. The summed E-state index contributed by atoms with van der Waals surface area (Å²) in [7, 11) is 2.12. The zero-order chi connectivity index (χ0) is 9.97. The summed E-state index contributed by atoms with van der Waals surface area (Å²) in [5.41, 5.74) is 0. The van der Waals surface area contributed by atoms with Crippen LogP contribution in [0.1, 0.15) is 12.8 Å². The highest BCUT2D eigenvalue weighted by atomic mass is 15.4. The molecule has 0 bridgehead atoms. The first-order valence-electron chi connectivity index (χ1n) is 5.39. The molecule has 0 unspecified atom stereocenters. The molecule has 0 amide bonds. The zero-order valence-electron chi connectivity index (χ0n) is 8.89. The number of likely N-dealkylation sites (N-methyl/N-ethyl adjacent to an activating group) is 1. The average Bonchev–Trinajstić information content (AvgIpc) is 2.21. The van der Waals surface area contributed by atoms with Crippen LogP contribution in [0.3, 0.4) is 0 Å². The maximum Gasteiger partial charge on any atom is 0.0351 e. The molecule has 0 aliphatic carbocycles. The first-order chi connectivity index (χ1) is 6.75. The molecular weight excluding hydrogens is 176 g/mol. The van der Waals surface area contributed by atoms with Crippen LogP contribution in [0.15, 0.2) is 12.4 Å². The Morgan fingerprint density at radius 2 is 1.79 bits per heavy atom. The van der Waals surface area contributed by atoms with Crippen LogP contribution in [-0.4, -0.2) is 54.1 Å². The average molecular weight is 196 g/mol. The van der Waals surface area contributed by atoms with E-state index in [9.17, 15) is 0 Å². The van der Waals surface area contributed by atoms with Gasteiger partial charge < -0.3 is 9.80 Å². The van der Waals surface area contributed by atoms with Crippen molar-refractivity contribution in [3.05, 3.63) is 12.4 Å². The van der Waals surface area contributed by atoms with Gasteiger partial charge in [0.05, 0.1) is 0 Å². The van der Waals surface area contributed by atoms with Gasteiger partial charge in [0.2, 0.25) is 0 Å². The molecule has 1 fully saturated rings. The second kappa shape index (κ2) is 4.19. The number of nitrogens with zero attached hydrogens (tertiary/aromatic N) is 3. The number of nitrogens with two attached hydrogens (primary N) is 1. The Balaban J connectivity index is 1.87. The summed E-state index contributed by atoms with van der Waals surface area (Å²) in [4.78, 5) is 4.70. The Bertz CT molecular complexity index is 208. The molecule has 80 valence electrons. The number of hydrogen-bond donors (Lipinski definition) is 1. The van der Waals surface area contributed by atoms with Gasteiger partial charge in [-0.3, -0.25) is 5.84 Å². The Hall–Kier alpha value is -0.740. The molecule has 2 heterocycles. The fraction of sp³-hybridized carbons (Fsp3) is 0.800. The molecule has 0 aromatic rings. The summed E-state index contributed by atoms with van der Waals surface area (Å²) in [5, 5.41) is 1.93. The predicted molar refractivity (Wildman–Crippen MR) is 57.3 cm³/mol. The second-order valence-corrected chi connectivity index (χ2v) is 4.28. The van der Waals surface area contributed by atoms with E-state index in [1.807, 2.05) is 5.01 Å². The summed E-state index contributed by atoms with van der Waals surface area (Å²) < 4.78 is 0. The molecule has 2 aliphatic heterocycles. The van der Waals surface area contributed by atoms with Gasteiger partial charge in [-0.15, -0.1) is 0 Å². The molecule has 2 rings (SSSR count). The maximum atomic E-state index is 5.74. The van der Waals surface area contributed by atoms with Gasteiger partial charge in [0.25, 0.3) is 0 Å². The standard InChI is InChI=1S/C10H20N4/c1-12-6-8-13(9-7-12)10-2-4-14(11)5-3-10/h6,8,10H,2-5,7,9,11H2,1H3. The van der Waals surface area contributed by atoms with Crippen molar-refractivity contribution in [3.8, 4) is 0 Å². The monoisotopic (exact) mass is 196 g/mol. The van der Waals surface area contributed by atoms with Crippen LogP contribution in [-0.2, 0) is 0 Å². The minimum atomic E-state index is 0.708. The Morgan fingerprint density at radius 3 is 2.36 bits per heavy atom. The Labute approximate surface area is 85.9 Å². The maximum absolute atomic E-state index is 5.74. The topological polar surface area (TPSA) is 35.7 Å². The lowest BCUT2D eigenvalue weighted by atomic mass is 10.0. The highest BCUT2D eigenvalue weighted by Gasteiger charge is 2.22. The normalized spacial score (nSPS) is 25.9. The molecule has 0 aromatic heterocycles. The van der Waals surface area contributed by atoms with Gasteiger partial charge in [0.1, 0.15) is 0 Å². The highest BCUT2D eigenvalue weighted by Crippen LogP contribution is 2.16.